The summed E-state index contributed by atoms with van der Waals surface area (Å²) in [4.78, 5) is 26.3. The minimum Gasteiger partial charge on any atom is -0.352 e. The first kappa shape index (κ1) is 19.2. The average molecular weight is 378 g/mol. The number of rotatable bonds is 4. The fourth-order valence-corrected chi connectivity index (χ4v) is 4.38. The van der Waals surface area contributed by atoms with Gasteiger partial charge in [-0.2, -0.15) is 0 Å². The van der Waals surface area contributed by atoms with Crippen LogP contribution in [0.1, 0.15) is 44.1 Å². The van der Waals surface area contributed by atoms with Gasteiger partial charge >= 0.3 is 0 Å². The molecule has 5 nitrogen and oxygen atoms in total. The van der Waals surface area contributed by atoms with Crippen molar-refractivity contribution in [3.05, 3.63) is 29.8 Å². The molecule has 1 aliphatic carbocycles. The lowest BCUT2D eigenvalue weighted by Crippen LogP contribution is -2.35. The van der Waals surface area contributed by atoms with E-state index in [-0.39, 0.29) is 35.6 Å². The fourth-order valence-electron chi connectivity index (χ4n) is 4.38. The van der Waals surface area contributed by atoms with Crippen molar-refractivity contribution in [1.82, 2.24) is 10.6 Å². The highest BCUT2D eigenvalue weighted by Gasteiger charge is 2.57. The molecule has 1 unspecified atom stereocenters. The number of hydrogen-bond acceptors (Lipinski definition) is 3. The van der Waals surface area contributed by atoms with Gasteiger partial charge in [0.05, 0.1) is 0 Å². The summed E-state index contributed by atoms with van der Waals surface area (Å²) in [7, 11) is 0. The molecule has 2 aliphatic heterocycles. The molecule has 4 rings (SSSR count). The number of halogens is 1. The van der Waals surface area contributed by atoms with Gasteiger partial charge < -0.3 is 15.5 Å². The van der Waals surface area contributed by atoms with Crippen molar-refractivity contribution in [2.75, 3.05) is 24.5 Å². The normalized spacial score (nSPS) is 24.1. The van der Waals surface area contributed by atoms with Crippen LogP contribution in [0, 0.1) is 11.3 Å². The molecule has 0 radical (unpaired) electrons. The van der Waals surface area contributed by atoms with E-state index in [2.05, 4.69) is 10.6 Å². The van der Waals surface area contributed by atoms with Gasteiger partial charge in [0.2, 0.25) is 11.8 Å². The first-order valence-electron chi connectivity index (χ1n) is 9.56. The van der Waals surface area contributed by atoms with Gasteiger partial charge in [0.15, 0.2) is 0 Å². The molecule has 2 saturated heterocycles. The minimum atomic E-state index is 0. The summed E-state index contributed by atoms with van der Waals surface area (Å²) < 4.78 is 0. The van der Waals surface area contributed by atoms with Crippen LogP contribution in [0.2, 0.25) is 0 Å². The smallest absolute Gasteiger partial charge is 0.226 e. The minimum absolute atomic E-state index is 0. The molecule has 2 N–H and O–H groups in total. The summed E-state index contributed by atoms with van der Waals surface area (Å²) in [6.45, 7) is 3.46. The highest BCUT2D eigenvalue weighted by atomic mass is 35.5. The van der Waals surface area contributed by atoms with Crippen LogP contribution in [0.4, 0.5) is 5.69 Å². The number of nitrogens with one attached hydrogen (secondary N) is 2. The zero-order valence-corrected chi connectivity index (χ0v) is 15.9. The molecule has 1 aromatic carbocycles. The Balaban J connectivity index is 0.00000196. The van der Waals surface area contributed by atoms with E-state index in [1.54, 1.807) is 0 Å². The van der Waals surface area contributed by atoms with E-state index in [0.29, 0.717) is 13.0 Å². The van der Waals surface area contributed by atoms with Crippen LogP contribution < -0.4 is 15.5 Å². The second kappa shape index (κ2) is 7.97. The lowest BCUT2D eigenvalue weighted by atomic mass is 9.92. The van der Waals surface area contributed by atoms with Crippen LogP contribution in [0.5, 0.6) is 0 Å². The van der Waals surface area contributed by atoms with Crippen molar-refractivity contribution in [3.8, 4) is 0 Å². The number of piperidine rings is 2. The first-order valence-corrected chi connectivity index (χ1v) is 9.56. The Bertz CT molecular complexity index is 656. The summed E-state index contributed by atoms with van der Waals surface area (Å²) in [5.41, 5.74) is 2.34. The molecule has 6 heteroatoms. The highest BCUT2D eigenvalue weighted by Crippen LogP contribution is 2.58. The van der Waals surface area contributed by atoms with Crippen LogP contribution in [-0.2, 0) is 16.1 Å². The van der Waals surface area contributed by atoms with Crippen LogP contribution in [0.15, 0.2) is 24.3 Å². The summed E-state index contributed by atoms with van der Waals surface area (Å²) in [5, 5.41) is 6.47. The second-order valence-electron chi connectivity index (χ2n) is 7.76. The zero-order valence-electron chi connectivity index (χ0n) is 15.1. The predicted molar refractivity (Wildman–Crippen MR) is 104 cm³/mol. The Labute approximate surface area is 161 Å². The highest BCUT2D eigenvalue weighted by molar-refractivity contribution is 5.94. The number of carbonyl (C=O) groups excluding carboxylic acids is 2. The number of anilines is 1. The Kier molecular flexibility index (Phi) is 5.88. The quantitative estimate of drug-likeness (QED) is 0.847. The molecule has 142 valence electrons. The van der Waals surface area contributed by atoms with Crippen molar-refractivity contribution < 1.29 is 9.59 Å². The molecule has 26 heavy (non-hydrogen) atoms. The Morgan fingerprint density at radius 3 is 2.62 bits per heavy atom. The molecule has 0 bridgehead atoms. The van der Waals surface area contributed by atoms with Gasteiger partial charge in [-0.15, -0.1) is 12.4 Å². The standard InChI is InChI=1S/C20H27N3O2.ClH/c24-18-3-1-2-12-23(18)16-6-4-15(5-7-16)14-22-19(25)17-13-20(17)8-10-21-11-9-20;/h4-7,17,21H,1-3,8-14H2,(H,22,25);1H. The molecule has 2 heterocycles. The molecule has 1 atom stereocenters. The number of amides is 2. The molecular weight excluding hydrogens is 350 g/mol. The monoisotopic (exact) mass is 377 g/mol. The van der Waals surface area contributed by atoms with Crippen LogP contribution in [0.25, 0.3) is 0 Å². The van der Waals surface area contributed by atoms with E-state index in [1.165, 1.54) is 0 Å². The maximum Gasteiger partial charge on any atom is 0.226 e. The van der Waals surface area contributed by atoms with E-state index >= 15 is 0 Å². The van der Waals surface area contributed by atoms with E-state index in [1.807, 2.05) is 29.2 Å². The molecule has 3 fully saturated rings. The van der Waals surface area contributed by atoms with Crippen molar-refractivity contribution in [2.45, 2.75) is 45.1 Å². The first-order chi connectivity index (χ1) is 12.2. The molecular formula is C20H28ClN3O2. The molecule has 2 amide bonds. The largest absolute Gasteiger partial charge is 0.352 e. The second-order valence-corrected chi connectivity index (χ2v) is 7.76. The Morgan fingerprint density at radius 2 is 1.92 bits per heavy atom. The number of nitrogens with zero attached hydrogens (tertiary/aromatic N) is 1. The van der Waals surface area contributed by atoms with Gasteiger partial charge in [-0.3, -0.25) is 9.59 Å². The third-order valence-corrected chi connectivity index (χ3v) is 6.14. The predicted octanol–water partition coefficient (Wildman–Crippen LogP) is 2.63. The van der Waals surface area contributed by atoms with E-state index in [4.69, 9.17) is 0 Å². The van der Waals surface area contributed by atoms with Crippen LogP contribution >= 0.6 is 12.4 Å². The van der Waals surface area contributed by atoms with Crippen LogP contribution in [-0.4, -0.2) is 31.4 Å². The van der Waals surface area contributed by atoms with Gasteiger partial charge in [0.1, 0.15) is 0 Å². The van der Waals surface area contributed by atoms with Gasteiger partial charge in [0, 0.05) is 31.1 Å². The lowest BCUT2D eigenvalue weighted by Gasteiger charge is -2.26. The summed E-state index contributed by atoms with van der Waals surface area (Å²) in [6.07, 6.45) is 6.03. The van der Waals surface area contributed by atoms with E-state index < -0.39 is 0 Å². The number of carbonyl (C=O) groups is 2. The van der Waals surface area contributed by atoms with Crippen molar-refractivity contribution >= 4 is 29.9 Å². The maximum absolute atomic E-state index is 12.4. The van der Waals surface area contributed by atoms with Crippen LogP contribution in [0.3, 0.4) is 0 Å². The molecule has 1 saturated carbocycles. The zero-order chi connectivity index (χ0) is 17.3. The van der Waals surface area contributed by atoms with Gasteiger partial charge in [-0.05, 0) is 68.3 Å². The molecule has 0 aromatic heterocycles. The van der Waals surface area contributed by atoms with Crippen molar-refractivity contribution in [2.24, 2.45) is 11.3 Å². The lowest BCUT2D eigenvalue weighted by molar-refractivity contribution is -0.123. The van der Waals surface area contributed by atoms with E-state index in [0.717, 1.165) is 63.0 Å². The van der Waals surface area contributed by atoms with E-state index in [9.17, 15) is 9.59 Å². The maximum atomic E-state index is 12.4. The Morgan fingerprint density at radius 1 is 1.19 bits per heavy atom. The number of hydrogen-bond donors (Lipinski definition) is 2. The third kappa shape index (κ3) is 3.89. The average Bonchev–Trinajstić information content (AvgIpc) is 3.34. The Hall–Kier alpha value is -1.59. The van der Waals surface area contributed by atoms with Crippen molar-refractivity contribution in [1.29, 1.82) is 0 Å². The number of benzene rings is 1. The van der Waals surface area contributed by atoms with Gasteiger partial charge in [-0.1, -0.05) is 12.1 Å². The molecule has 1 spiro atoms. The SMILES string of the molecule is Cl.O=C(NCc1ccc(N2CCCCC2=O)cc1)C1CC12CCNCC2. The fraction of sp³-hybridized carbons (Fsp3) is 0.600. The van der Waals surface area contributed by atoms with Crippen molar-refractivity contribution in [3.63, 3.8) is 0 Å². The molecule has 1 aromatic rings. The summed E-state index contributed by atoms with van der Waals surface area (Å²) in [6, 6.07) is 8.03. The third-order valence-electron chi connectivity index (χ3n) is 6.14. The van der Waals surface area contributed by atoms with Gasteiger partial charge in [0.25, 0.3) is 0 Å². The topological polar surface area (TPSA) is 61.4 Å². The molecule has 3 aliphatic rings. The summed E-state index contributed by atoms with van der Waals surface area (Å²) in [5.74, 6) is 0.630. The van der Waals surface area contributed by atoms with Gasteiger partial charge in [-0.25, -0.2) is 0 Å². The summed E-state index contributed by atoms with van der Waals surface area (Å²) >= 11 is 0.